The smallest absolute Gasteiger partial charge is 0.296 e. The van der Waals surface area contributed by atoms with Crippen LogP contribution in [0.1, 0.15) is 22.9 Å². The van der Waals surface area contributed by atoms with Crippen LogP contribution in [0, 0.1) is 5.82 Å². The van der Waals surface area contributed by atoms with Crippen LogP contribution in [-0.2, 0) is 16.1 Å². The first-order valence-corrected chi connectivity index (χ1v) is 9.68. The molecule has 0 aliphatic carbocycles. The maximum atomic E-state index is 14.2. The molecule has 4 rings (SSSR count). The molecule has 3 aromatic rings. The van der Waals surface area contributed by atoms with Crippen molar-refractivity contribution >= 4 is 29.1 Å². The fraction of sp³-hybridized carbons (Fsp3) is 0.130. The molecular weight excluding hydrogens is 425 g/mol. The van der Waals surface area contributed by atoms with E-state index in [9.17, 15) is 19.1 Å². The maximum Gasteiger partial charge on any atom is 0.296 e. The molecule has 1 saturated heterocycles. The average molecular weight is 442 g/mol. The molecule has 0 saturated carbocycles. The van der Waals surface area contributed by atoms with Gasteiger partial charge in [-0.25, -0.2) is 4.39 Å². The SMILES string of the molecule is COc1ccc(C(O)=C2C(=O)C(=O)N(Cc3ccco3)[C@@H]2c2ccc(Cl)cc2)cc1F. The van der Waals surface area contributed by atoms with Gasteiger partial charge in [-0.1, -0.05) is 23.7 Å². The number of likely N-dealkylation sites (tertiary alicyclic amines) is 1. The molecule has 1 fully saturated rings. The van der Waals surface area contributed by atoms with Gasteiger partial charge in [0.1, 0.15) is 11.5 Å². The first-order valence-electron chi connectivity index (χ1n) is 9.31. The Kier molecular flexibility index (Phi) is 5.52. The van der Waals surface area contributed by atoms with Gasteiger partial charge in [0.15, 0.2) is 11.6 Å². The minimum absolute atomic E-state index is 0.0101. The highest BCUT2D eigenvalue weighted by molar-refractivity contribution is 6.46. The summed E-state index contributed by atoms with van der Waals surface area (Å²) < 4.78 is 24.4. The third-order valence-electron chi connectivity index (χ3n) is 5.06. The van der Waals surface area contributed by atoms with Gasteiger partial charge in [-0.2, -0.15) is 0 Å². The maximum absolute atomic E-state index is 14.2. The van der Waals surface area contributed by atoms with Crippen molar-refractivity contribution in [3.8, 4) is 5.75 Å². The minimum Gasteiger partial charge on any atom is -0.507 e. The normalized spacial score (nSPS) is 17.9. The quantitative estimate of drug-likeness (QED) is 0.352. The van der Waals surface area contributed by atoms with Gasteiger partial charge >= 0.3 is 0 Å². The van der Waals surface area contributed by atoms with Gasteiger partial charge in [-0.05, 0) is 48.0 Å². The highest BCUT2D eigenvalue weighted by Crippen LogP contribution is 2.40. The number of carbonyl (C=O) groups is 2. The highest BCUT2D eigenvalue weighted by atomic mass is 35.5. The number of hydrogen-bond acceptors (Lipinski definition) is 5. The number of rotatable bonds is 5. The minimum atomic E-state index is -0.910. The monoisotopic (exact) mass is 441 g/mol. The van der Waals surface area contributed by atoms with Gasteiger partial charge in [0.05, 0.1) is 31.5 Å². The van der Waals surface area contributed by atoms with E-state index in [-0.39, 0.29) is 23.4 Å². The summed E-state index contributed by atoms with van der Waals surface area (Å²) in [5.74, 6) is -2.41. The van der Waals surface area contributed by atoms with Crippen molar-refractivity contribution in [3.05, 3.63) is 94.2 Å². The number of furan rings is 1. The Bertz CT molecular complexity index is 1170. The summed E-state index contributed by atoms with van der Waals surface area (Å²) in [6.07, 6.45) is 1.46. The molecule has 31 heavy (non-hydrogen) atoms. The van der Waals surface area contributed by atoms with Crippen LogP contribution in [0.4, 0.5) is 4.39 Å². The average Bonchev–Trinajstić information content (AvgIpc) is 3.36. The van der Waals surface area contributed by atoms with Gasteiger partial charge in [0, 0.05) is 10.6 Å². The summed E-state index contributed by atoms with van der Waals surface area (Å²) in [5, 5.41) is 11.4. The van der Waals surface area contributed by atoms with Crippen molar-refractivity contribution in [2.75, 3.05) is 7.11 Å². The van der Waals surface area contributed by atoms with Crippen molar-refractivity contribution < 1.29 is 28.2 Å². The lowest BCUT2D eigenvalue weighted by atomic mass is 9.95. The predicted octanol–water partition coefficient (Wildman–Crippen LogP) is 4.70. The summed E-state index contributed by atoms with van der Waals surface area (Å²) >= 11 is 5.99. The zero-order chi connectivity index (χ0) is 22.1. The van der Waals surface area contributed by atoms with Crippen LogP contribution in [0.2, 0.25) is 5.02 Å². The number of hydrogen-bond donors (Lipinski definition) is 1. The lowest BCUT2D eigenvalue weighted by molar-refractivity contribution is -0.140. The van der Waals surface area contributed by atoms with Crippen molar-refractivity contribution in [1.82, 2.24) is 4.90 Å². The van der Waals surface area contributed by atoms with Crippen LogP contribution in [0.25, 0.3) is 5.76 Å². The van der Waals surface area contributed by atoms with Crippen LogP contribution < -0.4 is 4.74 Å². The van der Waals surface area contributed by atoms with Crippen LogP contribution in [-0.4, -0.2) is 28.8 Å². The van der Waals surface area contributed by atoms with Crippen LogP contribution >= 0.6 is 11.6 Å². The van der Waals surface area contributed by atoms with Crippen molar-refractivity contribution in [3.63, 3.8) is 0 Å². The molecule has 2 heterocycles. The van der Waals surface area contributed by atoms with Crippen molar-refractivity contribution in [1.29, 1.82) is 0 Å². The van der Waals surface area contributed by atoms with E-state index in [1.54, 1.807) is 36.4 Å². The van der Waals surface area contributed by atoms with Gasteiger partial charge in [-0.3, -0.25) is 9.59 Å². The van der Waals surface area contributed by atoms with Gasteiger partial charge in [-0.15, -0.1) is 0 Å². The second-order valence-corrected chi connectivity index (χ2v) is 7.34. The van der Waals surface area contributed by atoms with Crippen LogP contribution in [0.3, 0.4) is 0 Å². The topological polar surface area (TPSA) is 80.0 Å². The number of halogens is 2. The Labute approximate surface area is 182 Å². The number of aliphatic hydroxyl groups is 1. The number of nitrogens with zero attached hydrogens (tertiary/aromatic N) is 1. The Hall–Kier alpha value is -3.58. The van der Waals surface area contributed by atoms with E-state index in [0.717, 1.165) is 6.07 Å². The summed E-state index contributed by atoms with van der Waals surface area (Å²) in [6.45, 7) is 0.0125. The first kappa shape index (κ1) is 20.7. The Balaban J connectivity index is 1.86. The molecule has 2 aromatic carbocycles. The van der Waals surface area contributed by atoms with Crippen LogP contribution in [0.15, 0.2) is 70.9 Å². The van der Waals surface area contributed by atoms with E-state index in [4.69, 9.17) is 20.8 Å². The molecular formula is C23H17ClFNO5. The third kappa shape index (κ3) is 3.80. The summed E-state index contributed by atoms with van der Waals surface area (Å²) in [6, 6.07) is 12.8. The van der Waals surface area contributed by atoms with Crippen LogP contribution in [0.5, 0.6) is 5.75 Å². The fourth-order valence-electron chi connectivity index (χ4n) is 3.57. The lowest BCUT2D eigenvalue weighted by Crippen LogP contribution is -2.29. The van der Waals surface area contributed by atoms with E-state index in [1.165, 1.54) is 30.4 Å². The predicted molar refractivity (Wildman–Crippen MR) is 111 cm³/mol. The number of amides is 1. The summed E-state index contributed by atoms with van der Waals surface area (Å²) in [5.41, 5.74) is 0.461. The summed E-state index contributed by atoms with van der Waals surface area (Å²) in [7, 11) is 1.32. The molecule has 0 unspecified atom stereocenters. The van der Waals surface area contributed by atoms with Crippen molar-refractivity contribution in [2.24, 2.45) is 0 Å². The van der Waals surface area contributed by atoms with Crippen molar-refractivity contribution in [2.45, 2.75) is 12.6 Å². The molecule has 1 aliphatic heterocycles. The van der Waals surface area contributed by atoms with E-state index in [2.05, 4.69) is 0 Å². The molecule has 8 heteroatoms. The largest absolute Gasteiger partial charge is 0.507 e. The lowest BCUT2D eigenvalue weighted by Gasteiger charge is -2.24. The van der Waals surface area contributed by atoms with E-state index >= 15 is 0 Å². The molecule has 1 N–H and O–H groups in total. The molecule has 0 spiro atoms. The number of Topliss-reactive ketones (excluding diaryl/α,β-unsaturated/α-hetero) is 1. The Morgan fingerprint density at radius 2 is 1.94 bits per heavy atom. The number of ketones is 1. The van der Waals surface area contributed by atoms with Gasteiger partial charge in [0.25, 0.3) is 11.7 Å². The molecule has 6 nitrogen and oxygen atoms in total. The second-order valence-electron chi connectivity index (χ2n) is 6.91. The molecule has 1 atom stereocenters. The number of carbonyl (C=O) groups excluding carboxylic acids is 2. The zero-order valence-corrected chi connectivity index (χ0v) is 17.1. The molecule has 158 valence electrons. The fourth-order valence-corrected chi connectivity index (χ4v) is 3.70. The standard InChI is InChI=1S/C23H17ClFNO5/c1-30-18-9-6-14(11-17(18)25)21(27)19-20(13-4-7-15(24)8-5-13)26(23(29)22(19)28)12-16-3-2-10-31-16/h2-11,20,27H,12H2,1H3/t20-/m1/s1. The third-order valence-corrected chi connectivity index (χ3v) is 5.31. The molecule has 1 aromatic heterocycles. The summed E-state index contributed by atoms with van der Waals surface area (Å²) in [4.78, 5) is 27.1. The molecule has 1 aliphatic rings. The van der Waals surface area contributed by atoms with E-state index < -0.39 is 29.3 Å². The van der Waals surface area contributed by atoms with Gasteiger partial charge < -0.3 is 19.2 Å². The molecule has 0 bridgehead atoms. The second kappa shape index (κ2) is 8.28. The molecule has 0 radical (unpaired) electrons. The Morgan fingerprint density at radius 1 is 1.19 bits per heavy atom. The Morgan fingerprint density at radius 3 is 2.55 bits per heavy atom. The zero-order valence-electron chi connectivity index (χ0n) is 16.3. The van der Waals surface area contributed by atoms with E-state index in [1.807, 2.05) is 0 Å². The van der Waals surface area contributed by atoms with Gasteiger partial charge in [0.2, 0.25) is 0 Å². The molecule has 1 amide bonds. The van der Waals surface area contributed by atoms with E-state index in [0.29, 0.717) is 16.3 Å². The highest BCUT2D eigenvalue weighted by Gasteiger charge is 2.46. The number of ether oxygens (including phenoxy) is 1. The number of aliphatic hydroxyl groups excluding tert-OH is 1. The number of benzene rings is 2. The first-order chi connectivity index (χ1) is 14.9. The number of methoxy groups -OCH3 is 1.